The number of nitrogens with one attached hydrogen (secondary N) is 1. The summed E-state index contributed by atoms with van der Waals surface area (Å²) in [5, 5.41) is 8.41. The van der Waals surface area contributed by atoms with Gasteiger partial charge in [-0.3, -0.25) is 9.59 Å². The summed E-state index contributed by atoms with van der Waals surface area (Å²) in [6, 6.07) is 10.1. The van der Waals surface area contributed by atoms with Gasteiger partial charge in [-0.25, -0.2) is 9.67 Å². The van der Waals surface area contributed by atoms with Crippen LogP contribution in [0.4, 0.5) is 0 Å². The molecule has 0 spiro atoms. The number of rotatable bonds is 6. The van der Waals surface area contributed by atoms with Crippen LogP contribution in [0, 0.1) is 18.8 Å². The number of hydrogen-bond donors (Lipinski definition) is 1. The number of likely N-dealkylation sites (tertiary alicyclic amines) is 1. The lowest BCUT2D eigenvalue weighted by molar-refractivity contribution is -0.126. The second-order valence-corrected chi connectivity index (χ2v) is 10.1. The molecule has 1 aliphatic heterocycles. The molecule has 178 valence electrons. The zero-order valence-electron chi connectivity index (χ0n) is 20.3. The summed E-state index contributed by atoms with van der Waals surface area (Å²) in [7, 11) is 0. The monoisotopic (exact) mass is 459 g/mol. The van der Waals surface area contributed by atoms with E-state index in [1.54, 1.807) is 6.20 Å². The van der Waals surface area contributed by atoms with Gasteiger partial charge in [0.25, 0.3) is 5.91 Å². The minimum absolute atomic E-state index is 0.0507. The van der Waals surface area contributed by atoms with Crippen molar-refractivity contribution >= 4 is 22.8 Å². The van der Waals surface area contributed by atoms with Crippen molar-refractivity contribution < 1.29 is 9.59 Å². The zero-order chi connectivity index (χ0) is 23.8. The van der Waals surface area contributed by atoms with E-state index >= 15 is 0 Å². The maximum Gasteiger partial charge on any atom is 0.254 e. The quantitative estimate of drug-likeness (QED) is 0.594. The van der Waals surface area contributed by atoms with E-state index in [9.17, 15) is 9.59 Å². The van der Waals surface area contributed by atoms with Crippen LogP contribution in [0.1, 0.15) is 61.5 Å². The minimum atomic E-state index is -0.150. The predicted molar refractivity (Wildman–Crippen MR) is 132 cm³/mol. The van der Waals surface area contributed by atoms with E-state index < -0.39 is 0 Å². The second-order valence-electron chi connectivity index (χ2n) is 10.1. The van der Waals surface area contributed by atoms with Crippen molar-refractivity contribution in [3.8, 4) is 11.3 Å². The van der Waals surface area contributed by atoms with E-state index in [1.807, 2.05) is 33.8 Å². The third-order valence-corrected chi connectivity index (χ3v) is 7.05. The Hall–Kier alpha value is -3.22. The summed E-state index contributed by atoms with van der Waals surface area (Å²) in [6.07, 6.45) is 5.83. The second kappa shape index (κ2) is 9.20. The highest BCUT2D eigenvalue weighted by Crippen LogP contribution is 2.30. The molecule has 0 radical (unpaired) electrons. The molecular formula is C27H33N5O2. The molecule has 1 aliphatic carbocycles. The van der Waals surface area contributed by atoms with Crippen molar-refractivity contribution in [1.82, 2.24) is 25.0 Å². The molecule has 0 bridgehead atoms. The first kappa shape index (κ1) is 22.6. The number of amides is 2. The first-order chi connectivity index (χ1) is 16.4. The van der Waals surface area contributed by atoms with Crippen LogP contribution in [-0.4, -0.2) is 51.1 Å². The molecule has 1 saturated carbocycles. The molecule has 1 atom stereocenters. The molecule has 2 aliphatic rings. The van der Waals surface area contributed by atoms with Gasteiger partial charge in [0.2, 0.25) is 5.91 Å². The van der Waals surface area contributed by atoms with Crippen LogP contribution in [0.3, 0.4) is 0 Å². The van der Waals surface area contributed by atoms with E-state index in [0.29, 0.717) is 24.6 Å². The van der Waals surface area contributed by atoms with E-state index in [1.165, 1.54) is 12.8 Å². The summed E-state index contributed by atoms with van der Waals surface area (Å²) in [5.41, 5.74) is 4.20. The number of carbonyl (C=O) groups excluding carboxylic acids is 2. The fourth-order valence-corrected chi connectivity index (χ4v) is 4.83. The maximum absolute atomic E-state index is 13.8. The zero-order valence-corrected chi connectivity index (χ0v) is 20.3. The van der Waals surface area contributed by atoms with Gasteiger partial charge in [-0.15, -0.1) is 0 Å². The van der Waals surface area contributed by atoms with E-state index in [2.05, 4.69) is 37.3 Å². The summed E-state index contributed by atoms with van der Waals surface area (Å²) in [6.45, 7) is 8.06. The smallest absolute Gasteiger partial charge is 0.254 e. The normalized spacial score (nSPS) is 18.5. The Bertz CT molecular complexity index is 1230. The maximum atomic E-state index is 13.8. The largest absolute Gasteiger partial charge is 0.356 e. The van der Waals surface area contributed by atoms with Gasteiger partial charge in [-0.1, -0.05) is 24.3 Å². The van der Waals surface area contributed by atoms with Crippen LogP contribution in [-0.2, 0) is 4.79 Å². The third kappa shape index (κ3) is 4.43. The fraction of sp³-hybridized carbons (Fsp3) is 0.481. The SMILES string of the molecule is Cc1ccccc1-c1cc(C(=O)N2CCCC(C(=O)NCC3CC3)C2)c2cnn(C(C)C)c2n1. The number of hydrogen-bond acceptors (Lipinski definition) is 4. The van der Waals surface area contributed by atoms with Crippen LogP contribution in [0.15, 0.2) is 36.5 Å². The van der Waals surface area contributed by atoms with Gasteiger partial charge >= 0.3 is 0 Å². The summed E-state index contributed by atoms with van der Waals surface area (Å²) in [5.74, 6) is 0.526. The molecule has 2 fully saturated rings. The molecule has 7 heteroatoms. The van der Waals surface area contributed by atoms with Gasteiger partial charge < -0.3 is 10.2 Å². The molecule has 1 N–H and O–H groups in total. The number of pyridine rings is 1. The minimum Gasteiger partial charge on any atom is -0.356 e. The number of benzene rings is 1. The number of carbonyl (C=O) groups is 2. The third-order valence-electron chi connectivity index (χ3n) is 7.05. The highest BCUT2D eigenvalue weighted by Gasteiger charge is 2.31. The molecule has 2 aromatic heterocycles. The van der Waals surface area contributed by atoms with Crippen LogP contribution in [0.2, 0.25) is 0 Å². The molecule has 34 heavy (non-hydrogen) atoms. The number of nitrogens with zero attached hydrogens (tertiary/aromatic N) is 4. The van der Waals surface area contributed by atoms with Gasteiger partial charge in [-0.05, 0) is 64.0 Å². The number of aryl methyl sites for hydroxylation is 1. The highest BCUT2D eigenvalue weighted by molar-refractivity contribution is 6.06. The summed E-state index contributed by atoms with van der Waals surface area (Å²) in [4.78, 5) is 33.3. The van der Waals surface area contributed by atoms with Crippen molar-refractivity contribution in [3.63, 3.8) is 0 Å². The van der Waals surface area contributed by atoms with Crippen LogP contribution in [0.5, 0.6) is 0 Å². The van der Waals surface area contributed by atoms with Gasteiger partial charge in [0, 0.05) is 31.2 Å². The Balaban J connectivity index is 1.48. The van der Waals surface area contributed by atoms with Crippen molar-refractivity contribution in [2.24, 2.45) is 11.8 Å². The lowest BCUT2D eigenvalue weighted by atomic mass is 9.95. The molecule has 1 unspecified atom stereocenters. The van der Waals surface area contributed by atoms with Crippen molar-refractivity contribution in [2.45, 2.75) is 52.5 Å². The van der Waals surface area contributed by atoms with E-state index in [4.69, 9.17) is 4.98 Å². The van der Waals surface area contributed by atoms with Crippen LogP contribution < -0.4 is 5.32 Å². The number of aromatic nitrogens is 3. The average molecular weight is 460 g/mol. The molecule has 2 amide bonds. The summed E-state index contributed by atoms with van der Waals surface area (Å²) >= 11 is 0. The van der Waals surface area contributed by atoms with Gasteiger partial charge in [-0.2, -0.15) is 5.10 Å². The number of fused-ring (bicyclic) bond motifs is 1. The number of piperidine rings is 1. The molecular weight excluding hydrogens is 426 g/mol. The lowest BCUT2D eigenvalue weighted by Crippen LogP contribution is -2.45. The first-order valence-corrected chi connectivity index (χ1v) is 12.4. The molecule has 1 aromatic carbocycles. The molecule has 3 heterocycles. The Morgan fingerprint density at radius 2 is 1.97 bits per heavy atom. The average Bonchev–Trinajstić information content (AvgIpc) is 3.58. The van der Waals surface area contributed by atoms with Gasteiger partial charge in [0.05, 0.1) is 28.8 Å². The predicted octanol–water partition coefficient (Wildman–Crippen LogP) is 4.37. The molecule has 1 saturated heterocycles. The molecule has 3 aromatic rings. The lowest BCUT2D eigenvalue weighted by Gasteiger charge is -2.32. The highest BCUT2D eigenvalue weighted by atomic mass is 16.2. The van der Waals surface area contributed by atoms with Crippen molar-refractivity contribution in [1.29, 1.82) is 0 Å². The molecule has 5 rings (SSSR count). The topological polar surface area (TPSA) is 80.1 Å². The Kier molecular flexibility index (Phi) is 6.11. The van der Waals surface area contributed by atoms with E-state index in [0.717, 1.165) is 47.2 Å². The molecule has 7 nitrogen and oxygen atoms in total. The Labute approximate surface area is 200 Å². The van der Waals surface area contributed by atoms with E-state index in [-0.39, 0.29) is 23.8 Å². The standard InChI is InChI=1S/C27H33N5O2/c1-17(2)32-25-23(15-29-32)22(13-24(30-25)21-9-5-4-7-18(21)3)27(34)31-12-6-8-20(16-31)26(33)28-14-19-10-11-19/h4-5,7,9,13,15,17,19-20H,6,8,10-12,14,16H2,1-3H3,(H,28,33). The first-order valence-electron chi connectivity index (χ1n) is 12.4. The van der Waals surface area contributed by atoms with Gasteiger partial charge in [0.1, 0.15) is 0 Å². The van der Waals surface area contributed by atoms with Gasteiger partial charge in [0.15, 0.2) is 5.65 Å². The van der Waals surface area contributed by atoms with Crippen molar-refractivity contribution in [3.05, 3.63) is 47.7 Å². The van der Waals surface area contributed by atoms with Crippen molar-refractivity contribution in [2.75, 3.05) is 19.6 Å². The van der Waals surface area contributed by atoms with Crippen LogP contribution in [0.25, 0.3) is 22.3 Å². The Morgan fingerprint density at radius 1 is 1.18 bits per heavy atom. The summed E-state index contributed by atoms with van der Waals surface area (Å²) < 4.78 is 1.87. The fourth-order valence-electron chi connectivity index (χ4n) is 4.83. The Morgan fingerprint density at radius 3 is 2.71 bits per heavy atom. The van der Waals surface area contributed by atoms with Crippen LogP contribution >= 0.6 is 0 Å².